The highest BCUT2D eigenvalue weighted by molar-refractivity contribution is 5.57. The maximum absolute atomic E-state index is 5.72. The summed E-state index contributed by atoms with van der Waals surface area (Å²) in [5.41, 5.74) is 13.7. The molecule has 0 radical (unpaired) electrons. The van der Waals surface area contributed by atoms with Gasteiger partial charge in [0.25, 0.3) is 0 Å². The van der Waals surface area contributed by atoms with Crippen molar-refractivity contribution in [1.82, 2.24) is 0 Å². The molecule has 0 fully saturated rings. The Balaban J connectivity index is 3.01. The largest absolute Gasteiger partial charge is 0.398 e. The van der Waals surface area contributed by atoms with Gasteiger partial charge in [0.15, 0.2) is 0 Å². The Labute approximate surface area is 72.6 Å². The minimum Gasteiger partial charge on any atom is -0.398 e. The van der Waals surface area contributed by atoms with E-state index in [0.29, 0.717) is 6.54 Å². The Hall–Kier alpha value is -1.46. The summed E-state index contributed by atoms with van der Waals surface area (Å²) in [6.45, 7) is 2.36. The lowest BCUT2D eigenvalue weighted by Gasteiger charge is -1.98. The Morgan fingerprint density at radius 3 is 2.75 bits per heavy atom. The molecule has 2 heteroatoms. The van der Waals surface area contributed by atoms with E-state index in [4.69, 9.17) is 11.5 Å². The van der Waals surface area contributed by atoms with Crippen LogP contribution < -0.4 is 11.5 Å². The van der Waals surface area contributed by atoms with Gasteiger partial charge in [-0.1, -0.05) is 17.9 Å². The molecule has 0 spiro atoms. The van der Waals surface area contributed by atoms with E-state index in [1.54, 1.807) is 0 Å². The van der Waals surface area contributed by atoms with Crippen molar-refractivity contribution in [2.45, 2.75) is 6.92 Å². The Morgan fingerprint density at radius 1 is 1.42 bits per heavy atom. The molecule has 0 aliphatic carbocycles. The smallest absolute Gasteiger partial charge is 0.0555 e. The first-order chi connectivity index (χ1) is 5.74. The van der Waals surface area contributed by atoms with Gasteiger partial charge in [-0.3, -0.25) is 0 Å². The summed E-state index contributed by atoms with van der Waals surface area (Å²) in [4.78, 5) is 0. The second-order valence-electron chi connectivity index (χ2n) is 2.60. The van der Waals surface area contributed by atoms with E-state index in [0.717, 1.165) is 16.8 Å². The van der Waals surface area contributed by atoms with Crippen LogP contribution in [-0.2, 0) is 0 Å². The molecule has 4 N–H and O–H groups in total. The fraction of sp³-hybridized carbons (Fsp3) is 0.200. The third-order valence-corrected chi connectivity index (χ3v) is 1.53. The van der Waals surface area contributed by atoms with Gasteiger partial charge in [-0.15, -0.1) is 0 Å². The van der Waals surface area contributed by atoms with Gasteiger partial charge in [-0.2, -0.15) is 0 Å². The molecule has 12 heavy (non-hydrogen) atoms. The lowest BCUT2D eigenvalue weighted by molar-refractivity contribution is 1.30. The Kier molecular flexibility index (Phi) is 2.73. The minimum absolute atomic E-state index is 0.368. The number of rotatable bonds is 0. The van der Waals surface area contributed by atoms with E-state index in [1.165, 1.54) is 0 Å². The molecule has 0 aromatic heterocycles. The zero-order valence-corrected chi connectivity index (χ0v) is 7.09. The number of aryl methyl sites for hydroxylation is 1. The molecule has 0 saturated heterocycles. The summed E-state index contributed by atoms with van der Waals surface area (Å²) in [5, 5.41) is 0. The molecule has 0 aliphatic heterocycles. The molecule has 0 atom stereocenters. The quantitative estimate of drug-likeness (QED) is 0.437. The molecule has 0 heterocycles. The van der Waals surface area contributed by atoms with Crippen LogP contribution in [0.1, 0.15) is 11.1 Å². The Morgan fingerprint density at radius 2 is 2.17 bits per heavy atom. The van der Waals surface area contributed by atoms with Crippen LogP contribution in [0.15, 0.2) is 18.2 Å². The van der Waals surface area contributed by atoms with Crippen molar-refractivity contribution < 1.29 is 0 Å². The molecule has 1 rings (SSSR count). The van der Waals surface area contributed by atoms with Gasteiger partial charge in [-0.05, 0) is 24.6 Å². The first-order valence-corrected chi connectivity index (χ1v) is 3.79. The predicted molar refractivity (Wildman–Crippen MR) is 51.5 cm³/mol. The zero-order chi connectivity index (χ0) is 8.97. The topological polar surface area (TPSA) is 52.0 Å². The number of nitrogens with two attached hydrogens (primary N) is 2. The van der Waals surface area contributed by atoms with E-state index < -0.39 is 0 Å². The predicted octanol–water partition coefficient (Wildman–Crippen LogP) is 0.887. The lowest BCUT2D eigenvalue weighted by atomic mass is 10.1. The molecule has 0 bridgehead atoms. The number of anilines is 1. The van der Waals surface area contributed by atoms with Gasteiger partial charge in [0.2, 0.25) is 0 Å². The van der Waals surface area contributed by atoms with Crippen LogP contribution in [0.2, 0.25) is 0 Å². The lowest BCUT2D eigenvalue weighted by Crippen LogP contribution is -1.94. The molecule has 0 aliphatic rings. The fourth-order valence-corrected chi connectivity index (χ4v) is 0.942. The van der Waals surface area contributed by atoms with Crippen molar-refractivity contribution in [3.63, 3.8) is 0 Å². The van der Waals surface area contributed by atoms with Crippen LogP contribution in [-0.4, -0.2) is 6.54 Å². The highest BCUT2D eigenvalue weighted by atomic mass is 14.6. The summed E-state index contributed by atoms with van der Waals surface area (Å²) in [6, 6.07) is 5.80. The van der Waals surface area contributed by atoms with Crippen LogP contribution in [0, 0.1) is 18.8 Å². The number of hydrogen-bond donors (Lipinski definition) is 2. The SMILES string of the molecule is Cc1ccc(C#CCN)c(N)c1. The number of nitrogen functional groups attached to an aromatic ring is 1. The van der Waals surface area contributed by atoms with Crippen molar-refractivity contribution >= 4 is 5.69 Å². The highest BCUT2D eigenvalue weighted by Gasteiger charge is 1.93. The zero-order valence-electron chi connectivity index (χ0n) is 7.09. The van der Waals surface area contributed by atoms with Crippen molar-refractivity contribution in [2.75, 3.05) is 12.3 Å². The van der Waals surface area contributed by atoms with Gasteiger partial charge in [0, 0.05) is 11.3 Å². The van der Waals surface area contributed by atoms with Crippen LogP contribution in [0.3, 0.4) is 0 Å². The van der Waals surface area contributed by atoms with E-state index in [-0.39, 0.29) is 0 Å². The first-order valence-electron chi connectivity index (χ1n) is 3.79. The average Bonchev–Trinajstić information content (AvgIpc) is 2.03. The molecule has 1 aromatic carbocycles. The highest BCUT2D eigenvalue weighted by Crippen LogP contribution is 2.11. The molecule has 2 nitrogen and oxygen atoms in total. The molecule has 0 unspecified atom stereocenters. The van der Waals surface area contributed by atoms with Crippen molar-refractivity contribution in [3.05, 3.63) is 29.3 Å². The second kappa shape index (κ2) is 3.80. The summed E-state index contributed by atoms with van der Waals surface area (Å²) in [5.74, 6) is 5.66. The van der Waals surface area contributed by atoms with Gasteiger partial charge < -0.3 is 11.5 Å². The maximum atomic E-state index is 5.72. The summed E-state index contributed by atoms with van der Waals surface area (Å²) >= 11 is 0. The first kappa shape index (κ1) is 8.63. The Bertz CT molecular complexity index is 331. The maximum Gasteiger partial charge on any atom is 0.0555 e. The van der Waals surface area contributed by atoms with Crippen molar-refractivity contribution in [2.24, 2.45) is 5.73 Å². The van der Waals surface area contributed by atoms with Gasteiger partial charge in [-0.25, -0.2) is 0 Å². The van der Waals surface area contributed by atoms with Crippen LogP contribution in [0.5, 0.6) is 0 Å². The number of hydrogen-bond acceptors (Lipinski definition) is 2. The van der Waals surface area contributed by atoms with Gasteiger partial charge in [0.1, 0.15) is 0 Å². The third-order valence-electron chi connectivity index (χ3n) is 1.53. The van der Waals surface area contributed by atoms with E-state index >= 15 is 0 Å². The van der Waals surface area contributed by atoms with Crippen molar-refractivity contribution in [3.8, 4) is 11.8 Å². The fourth-order valence-electron chi connectivity index (χ4n) is 0.942. The molecule has 1 aromatic rings. The second-order valence-corrected chi connectivity index (χ2v) is 2.60. The normalized spacial score (nSPS) is 8.83. The standard InChI is InChI=1S/C10H12N2/c1-8-4-5-9(3-2-6-11)10(12)7-8/h4-5,7H,6,11-12H2,1H3. The van der Waals surface area contributed by atoms with Gasteiger partial charge in [0.05, 0.1) is 6.54 Å². The molecule has 0 saturated carbocycles. The summed E-state index contributed by atoms with van der Waals surface area (Å²) in [7, 11) is 0. The van der Waals surface area contributed by atoms with E-state index in [1.807, 2.05) is 25.1 Å². The molecular weight excluding hydrogens is 148 g/mol. The summed E-state index contributed by atoms with van der Waals surface area (Å²) < 4.78 is 0. The average molecular weight is 160 g/mol. The molecule has 0 amide bonds. The van der Waals surface area contributed by atoms with E-state index in [2.05, 4.69) is 11.8 Å². The molecule has 62 valence electrons. The van der Waals surface area contributed by atoms with Crippen LogP contribution in [0.25, 0.3) is 0 Å². The van der Waals surface area contributed by atoms with Gasteiger partial charge >= 0.3 is 0 Å². The molecular formula is C10H12N2. The monoisotopic (exact) mass is 160 g/mol. The van der Waals surface area contributed by atoms with Crippen LogP contribution in [0.4, 0.5) is 5.69 Å². The van der Waals surface area contributed by atoms with E-state index in [9.17, 15) is 0 Å². The third kappa shape index (κ3) is 2.01. The van der Waals surface area contributed by atoms with Crippen molar-refractivity contribution in [1.29, 1.82) is 0 Å². The minimum atomic E-state index is 0.368. The summed E-state index contributed by atoms with van der Waals surface area (Å²) in [6.07, 6.45) is 0. The van der Waals surface area contributed by atoms with Crippen LogP contribution >= 0.6 is 0 Å². The number of benzene rings is 1.